The van der Waals surface area contributed by atoms with Gasteiger partial charge in [-0.2, -0.15) is 0 Å². The summed E-state index contributed by atoms with van der Waals surface area (Å²) in [6.45, 7) is 8.13. The maximum absolute atomic E-state index is 6.07. The Labute approximate surface area is 202 Å². The van der Waals surface area contributed by atoms with Gasteiger partial charge in [0.25, 0.3) is 0 Å². The largest absolute Gasteiger partial charge is 0.493 e. The topological polar surface area (TPSA) is 112 Å². The molecule has 1 fully saturated rings. The van der Waals surface area contributed by atoms with Crippen LogP contribution in [0.2, 0.25) is 0 Å². The van der Waals surface area contributed by atoms with Gasteiger partial charge in [0.05, 0.1) is 18.1 Å². The second kappa shape index (κ2) is 10.6. The number of likely N-dealkylation sites (tertiary alicyclic amines) is 1. The summed E-state index contributed by atoms with van der Waals surface area (Å²) in [5.74, 6) is 2.21. The molecular weight excluding hydrogens is 456 g/mol. The fraction of sp³-hybridized carbons (Fsp3) is 0.435. The van der Waals surface area contributed by atoms with Crippen LogP contribution in [0.5, 0.6) is 11.5 Å². The highest BCUT2D eigenvalue weighted by molar-refractivity contribution is 7.99. The molecule has 1 aliphatic rings. The van der Waals surface area contributed by atoms with Crippen LogP contribution in [0.4, 0.5) is 11.6 Å². The highest BCUT2D eigenvalue weighted by Gasteiger charge is 2.21. The predicted octanol–water partition coefficient (Wildman–Crippen LogP) is 4.27. The van der Waals surface area contributed by atoms with Crippen LogP contribution in [0.25, 0.3) is 10.6 Å². The molecule has 0 spiro atoms. The van der Waals surface area contributed by atoms with Crippen molar-refractivity contribution < 1.29 is 9.47 Å². The Morgan fingerprint density at radius 3 is 2.52 bits per heavy atom. The van der Waals surface area contributed by atoms with Crippen molar-refractivity contribution in [1.82, 2.24) is 19.9 Å². The Balaban J connectivity index is 1.54. The number of aromatic nitrogens is 3. The molecule has 33 heavy (non-hydrogen) atoms. The van der Waals surface area contributed by atoms with Crippen LogP contribution in [0.1, 0.15) is 36.1 Å². The lowest BCUT2D eigenvalue weighted by molar-refractivity contribution is 0.145. The molecule has 8 nitrogen and oxygen atoms in total. The molecule has 176 valence electrons. The Kier molecular flexibility index (Phi) is 7.56. The monoisotopic (exact) mass is 486 g/mol. The molecule has 3 aromatic rings. The van der Waals surface area contributed by atoms with Crippen LogP contribution >= 0.6 is 23.1 Å². The fourth-order valence-electron chi connectivity index (χ4n) is 3.60. The van der Waals surface area contributed by atoms with Crippen LogP contribution in [0.3, 0.4) is 0 Å². The number of thioether (sulfide) groups is 1. The van der Waals surface area contributed by atoms with Crippen LogP contribution in [-0.4, -0.2) is 53.2 Å². The van der Waals surface area contributed by atoms with Gasteiger partial charge < -0.3 is 20.9 Å². The number of nitrogens with two attached hydrogens (primary N) is 2. The summed E-state index contributed by atoms with van der Waals surface area (Å²) in [6, 6.07) is 7.56. The van der Waals surface area contributed by atoms with Crippen LogP contribution in [0.15, 0.2) is 29.4 Å². The summed E-state index contributed by atoms with van der Waals surface area (Å²) >= 11 is 3.21. The minimum Gasteiger partial charge on any atom is -0.493 e. The van der Waals surface area contributed by atoms with Crippen molar-refractivity contribution in [2.24, 2.45) is 0 Å². The third-order valence-corrected chi connectivity index (χ3v) is 7.72. The molecular formula is C23H30N6O2S2. The number of methoxy groups -OCH3 is 1. The number of rotatable bonds is 10. The Bertz CT molecular complexity index is 1080. The zero-order valence-electron chi connectivity index (χ0n) is 19.2. The van der Waals surface area contributed by atoms with E-state index >= 15 is 0 Å². The third kappa shape index (κ3) is 5.69. The van der Waals surface area contributed by atoms with E-state index in [4.69, 9.17) is 25.9 Å². The quantitative estimate of drug-likeness (QED) is 0.320. The molecule has 1 aromatic carbocycles. The first-order valence-corrected chi connectivity index (χ1v) is 12.8. The van der Waals surface area contributed by atoms with Gasteiger partial charge in [0.15, 0.2) is 16.7 Å². The van der Waals surface area contributed by atoms with Crippen molar-refractivity contribution in [1.29, 1.82) is 0 Å². The summed E-state index contributed by atoms with van der Waals surface area (Å²) in [4.78, 5) is 17.2. The normalized spacial score (nSPS) is 14.6. The Hall–Kier alpha value is -2.56. The maximum Gasteiger partial charge on any atom is 0.192 e. The number of aryl methyl sites for hydroxylation is 1. The van der Waals surface area contributed by atoms with Gasteiger partial charge in [-0.25, -0.2) is 15.0 Å². The van der Waals surface area contributed by atoms with Gasteiger partial charge in [-0.1, -0.05) is 18.7 Å². The van der Waals surface area contributed by atoms with E-state index in [1.807, 2.05) is 18.2 Å². The molecule has 10 heteroatoms. The van der Waals surface area contributed by atoms with E-state index in [2.05, 4.69) is 28.7 Å². The minimum atomic E-state index is 0.0524. The summed E-state index contributed by atoms with van der Waals surface area (Å²) in [7, 11) is 1.66. The first-order valence-electron chi connectivity index (χ1n) is 11.1. The molecule has 0 bridgehead atoms. The molecule has 0 saturated carbocycles. The van der Waals surface area contributed by atoms with Crippen LogP contribution < -0.4 is 20.9 Å². The number of hydrogen-bond donors (Lipinski definition) is 2. The number of ether oxygens (including phenoxy) is 2. The summed E-state index contributed by atoms with van der Waals surface area (Å²) in [5.41, 5.74) is 13.7. The molecule has 4 rings (SSSR count). The number of anilines is 2. The summed E-state index contributed by atoms with van der Waals surface area (Å²) < 4.78 is 11.6. The third-order valence-electron chi connectivity index (χ3n) is 5.49. The van der Waals surface area contributed by atoms with Crippen molar-refractivity contribution in [3.63, 3.8) is 0 Å². The van der Waals surface area contributed by atoms with Gasteiger partial charge in [0, 0.05) is 23.1 Å². The first kappa shape index (κ1) is 23.6. The molecule has 2 aromatic heterocycles. The van der Waals surface area contributed by atoms with Crippen LogP contribution in [0, 0.1) is 0 Å². The van der Waals surface area contributed by atoms with E-state index in [-0.39, 0.29) is 5.25 Å². The van der Waals surface area contributed by atoms with E-state index < -0.39 is 0 Å². The standard InChI is InChI=1S/C23H30N6O2S2/c1-4-18-21(14(2)32-23-26-19(24)13-20(25)27-23)28-22(33-18)15-6-7-16(30-3)17(12-15)31-11-10-29-8-5-9-29/h6-7,12-14H,4-5,8-11H2,1-3H3,(H4,24,25,26,27). The van der Waals surface area contributed by atoms with Crippen molar-refractivity contribution in [2.75, 3.05) is 44.8 Å². The van der Waals surface area contributed by atoms with Crippen molar-refractivity contribution in [2.45, 2.75) is 37.1 Å². The highest BCUT2D eigenvalue weighted by Crippen LogP contribution is 2.41. The maximum atomic E-state index is 6.07. The fourth-order valence-corrected chi connectivity index (χ4v) is 5.71. The van der Waals surface area contributed by atoms with Gasteiger partial charge in [-0.15, -0.1) is 11.3 Å². The molecule has 3 heterocycles. The van der Waals surface area contributed by atoms with Gasteiger partial charge in [-0.05, 0) is 51.1 Å². The van der Waals surface area contributed by atoms with E-state index in [1.54, 1.807) is 24.5 Å². The molecule has 1 unspecified atom stereocenters. The number of nitrogen functional groups attached to an aromatic ring is 2. The van der Waals surface area contributed by atoms with Gasteiger partial charge in [-0.3, -0.25) is 4.90 Å². The molecule has 0 radical (unpaired) electrons. The van der Waals surface area contributed by atoms with E-state index in [0.29, 0.717) is 23.4 Å². The van der Waals surface area contributed by atoms with Gasteiger partial charge in [0.2, 0.25) is 0 Å². The molecule has 1 aliphatic heterocycles. The average molecular weight is 487 g/mol. The number of hydrogen-bond acceptors (Lipinski definition) is 10. The lowest BCUT2D eigenvalue weighted by atomic mass is 10.2. The SMILES string of the molecule is CCc1sc(-c2ccc(OC)c(OCCN3CCC3)c2)nc1C(C)Sc1nc(N)cc(N)n1. The van der Waals surface area contributed by atoms with E-state index in [9.17, 15) is 0 Å². The second-order valence-electron chi connectivity index (χ2n) is 7.85. The number of benzene rings is 1. The van der Waals surface area contributed by atoms with Crippen LogP contribution in [-0.2, 0) is 6.42 Å². The smallest absolute Gasteiger partial charge is 0.192 e. The number of thiazole rings is 1. The minimum absolute atomic E-state index is 0.0524. The lowest BCUT2D eigenvalue weighted by Gasteiger charge is -2.30. The second-order valence-corrected chi connectivity index (χ2v) is 10.2. The summed E-state index contributed by atoms with van der Waals surface area (Å²) in [6.07, 6.45) is 2.17. The summed E-state index contributed by atoms with van der Waals surface area (Å²) in [5, 5.41) is 1.56. The van der Waals surface area contributed by atoms with Crippen molar-refractivity contribution >= 4 is 34.7 Å². The lowest BCUT2D eigenvalue weighted by Crippen LogP contribution is -2.39. The molecule has 1 atom stereocenters. The van der Waals surface area contributed by atoms with Gasteiger partial charge >= 0.3 is 0 Å². The average Bonchev–Trinajstić information content (AvgIpc) is 3.19. The predicted molar refractivity (Wildman–Crippen MR) is 135 cm³/mol. The van der Waals surface area contributed by atoms with Gasteiger partial charge in [0.1, 0.15) is 23.3 Å². The van der Waals surface area contributed by atoms with E-state index in [1.165, 1.54) is 23.1 Å². The zero-order chi connectivity index (χ0) is 23.4. The number of nitrogens with zero attached hydrogens (tertiary/aromatic N) is 4. The highest BCUT2D eigenvalue weighted by atomic mass is 32.2. The Morgan fingerprint density at radius 2 is 1.88 bits per heavy atom. The molecule has 0 amide bonds. The van der Waals surface area contributed by atoms with E-state index in [0.717, 1.165) is 53.8 Å². The first-order chi connectivity index (χ1) is 16.0. The van der Waals surface area contributed by atoms with Crippen molar-refractivity contribution in [3.8, 4) is 22.1 Å². The van der Waals surface area contributed by atoms with Crippen molar-refractivity contribution in [3.05, 3.63) is 34.8 Å². The zero-order valence-corrected chi connectivity index (χ0v) is 20.8. The molecule has 4 N–H and O–H groups in total. The Morgan fingerprint density at radius 1 is 1.12 bits per heavy atom. The molecule has 1 saturated heterocycles. The molecule has 0 aliphatic carbocycles.